The summed E-state index contributed by atoms with van der Waals surface area (Å²) >= 11 is 0. The van der Waals surface area contributed by atoms with Gasteiger partial charge in [-0.1, -0.05) is 20.8 Å². The summed E-state index contributed by atoms with van der Waals surface area (Å²) in [4.78, 5) is 29.9. The van der Waals surface area contributed by atoms with Crippen molar-refractivity contribution in [3.63, 3.8) is 0 Å². The van der Waals surface area contributed by atoms with Crippen LogP contribution in [0.1, 0.15) is 41.5 Å². The van der Waals surface area contributed by atoms with Crippen LogP contribution in [0.2, 0.25) is 0 Å². The fraction of sp³-hybridized carbons (Fsp3) is 0.400. The third kappa shape index (κ3) is 51.6. The van der Waals surface area contributed by atoms with E-state index in [9.17, 15) is 29.7 Å². The monoisotopic (exact) mass is 484 g/mol. The Morgan fingerprint density at radius 1 is 0.545 bits per heavy atom. The fourth-order valence-electron chi connectivity index (χ4n) is 0.859. The van der Waals surface area contributed by atoms with Crippen LogP contribution in [-0.2, 0) is 34.8 Å². The van der Waals surface area contributed by atoms with Crippen LogP contribution in [0.3, 0.4) is 0 Å². The molecule has 7 heteroatoms. The Balaban J connectivity index is -0.000000108. The van der Waals surface area contributed by atoms with Crippen LogP contribution < -0.4 is 15.3 Å². The Labute approximate surface area is 144 Å². The van der Waals surface area contributed by atoms with Gasteiger partial charge in [0, 0.05) is 20.4 Å². The average Bonchev–Trinajstić information content (AvgIpc) is 2.10. The Kier molecular flexibility index (Phi) is 22.4. The number of ketones is 3. The minimum absolute atomic E-state index is 0. The zero-order chi connectivity index (χ0) is 17.6. The van der Waals surface area contributed by atoms with E-state index >= 15 is 0 Å². The number of carbonyl (C=O) groups is 3. The Morgan fingerprint density at radius 2 is 0.682 bits per heavy atom. The van der Waals surface area contributed by atoms with Gasteiger partial charge < -0.3 is 15.3 Å². The molecular formula is C15H21O6Re-3. The van der Waals surface area contributed by atoms with Crippen molar-refractivity contribution in [2.24, 2.45) is 0 Å². The number of allylic oxidation sites excluding steroid dienone is 6. The molecule has 0 unspecified atom stereocenters. The van der Waals surface area contributed by atoms with Gasteiger partial charge in [-0.3, -0.25) is 14.4 Å². The Morgan fingerprint density at radius 3 is 0.682 bits per heavy atom. The van der Waals surface area contributed by atoms with Crippen LogP contribution in [0.15, 0.2) is 35.5 Å². The maximum atomic E-state index is 9.98. The van der Waals surface area contributed by atoms with Crippen molar-refractivity contribution in [2.45, 2.75) is 41.5 Å². The van der Waals surface area contributed by atoms with Gasteiger partial charge in [-0.25, -0.2) is 0 Å². The number of rotatable bonds is 3. The summed E-state index contributed by atoms with van der Waals surface area (Å²) in [6, 6.07) is 0. The molecule has 0 spiro atoms. The number of hydrogen-bond acceptors (Lipinski definition) is 6. The van der Waals surface area contributed by atoms with Gasteiger partial charge in [-0.15, -0.1) is 17.3 Å². The molecule has 0 aromatic heterocycles. The second-order valence-corrected chi connectivity index (χ2v) is 4.10. The van der Waals surface area contributed by atoms with E-state index in [0.29, 0.717) is 0 Å². The van der Waals surface area contributed by atoms with Crippen molar-refractivity contribution < 1.29 is 50.1 Å². The molecule has 0 N–H and O–H groups in total. The van der Waals surface area contributed by atoms with Crippen molar-refractivity contribution in [2.75, 3.05) is 0 Å². The van der Waals surface area contributed by atoms with E-state index in [1.807, 2.05) is 0 Å². The van der Waals surface area contributed by atoms with Crippen molar-refractivity contribution in [1.82, 2.24) is 0 Å². The molecule has 0 heterocycles. The van der Waals surface area contributed by atoms with Crippen molar-refractivity contribution in [1.29, 1.82) is 0 Å². The summed E-state index contributed by atoms with van der Waals surface area (Å²) < 4.78 is 0. The van der Waals surface area contributed by atoms with Crippen LogP contribution in [0.4, 0.5) is 0 Å². The summed E-state index contributed by atoms with van der Waals surface area (Å²) in [5, 5.41) is 29.9. The standard InChI is InChI=1S/3C5H8O2.Re/c3*1-4(6)3-5(2)7;/h3*3,6H,1-2H3;/p-3/b3*4-3+;. The van der Waals surface area contributed by atoms with Crippen LogP contribution in [0.25, 0.3) is 0 Å². The largest absolute Gasteiger partial charge is 0.876 e. The van der Waals surface area contributed by atoms with Crippen molar-refractivity contribution in [3.8, 4) is 0 Å². The molecule has 0 aliphatic rings. The van der Waals surface area contributed by atoms with E-state index in [4.69, 9.17) is 0 Å². The maximum absolute atomic E-state index is 9.98. The summed E-state index contributed by atoms with van der Waals surface area (Å²) in [6.07, 6.45) is 3.17. The predicted octanol–water partition coefficient (Wildman–Crippen LogP) is -0.484. The third-order valence-electron chi connectivity index (χ3n) is 1.22. The van der Waals surface area contributed by atoms with E-state index in [0.717, 1.165) is 18.2 Å². The first-order valence-corrected chi connectivity index (χ1v) is 5.96. The van der Waals surface area contributed by atoms with E-state index in [2.05, 4.69) is 0 Å². The molecule has 0 fully saturated rings. The summed E-state index contributed by atoms with van der Waals surface area (Å²) in [7, 11) is 0. The molecule has 0 atom stereocenters. The molecule has 0 saturated carbocycles. The van der Waals surface area contributed by atoms with E-state index in [1.165, 1.54) is 41.5 Å². The molecule has 6 nitrogen and oxygen atoms in total. The first-order valence-electron chi connectivity index (χ1n) is 5.96. The van der Waals surface area contributed by atoms with Crippen molar-refractivity contribution in [3.05, 3.63) is 35.5 Å². The van der Waals surface area contributed by atoms with Crippen LogP contribution in [0, 0.1) is 0 Å². The molecule has 0 aliphatic carbocycles. The van der Waals surface area contributed by atoms with Gasteiger partial charge in [0.05, 0.1) is 0 Å². The smallest absolute Gasteiger partial charge is 0.151 e. The zero-order valence-electron chi connectivity index (χ0n) is 13.6. The van der Waals surface area contributed by atoms with Gasteiger partial charge in [0.1, 0.15) is 0 Å². The Bertz CT molecular complexity index is 368. The molecule has 0 aromatic carbocycles. The first kappa shape index (κ1) is 28.5. The van der Waals surface area contributed by atoms with Gasteiger partial charge in [0.15, 0.2) is 17.3 Å². The van der Waals surface area contributed by atoms with Crippen molar-refractivity contribution >= 4 is 17.3 Å². The van der Waals surface area contributed by atoms with Crippen LogP contribution >= 0.6 is 0 Å². The van der Waals surface area contributed by atoms with Gasteiger partial charge in [0.25, 0.3) is 0 Å². The second-order valence-electron chi connectivity index (χ2n) is 4.10. The third-order valence-corrected chi connectivity index (χ3v) is 1.22. The predicted molar refractivity (Wildman–Crippen MR) is 73.3 cm³/mol. The van der Waals surface area contributed by atoms with Gasteiger partial charge >= 0.3 is 0 Å². The maximum Gasteiger partial charge on any atom is 0.151 e. The van der Waals surface area contributed by atoms with E-state index in [1.54, 1.807) is 0 Å². The van der Waals surface area contributed by atoms with Gasteiger partial charge in [-0.05, 0) is 39.0 Å². The minimum Gasteiger partial charge on any atom is -0.876 e. The van der Waals surface area contributed by atoms with Gasteiger partial charge in [-0.2, -0.15) is 0 Å². The molecule has 127 valence electrons. The summed E-state index contributed by atoms with van der Waals surface area (Å²) in [5.74, 6) is -1.12. The molecule has 0 saturated heterocycles. The van der Waals surface area contributed by atoms with E-state index < -0.39 is 0 Å². The summed E-state index contributed by atoms with van der Waals surface area (Å²) in [6.45, 7) is 8.09. The normalized spacial score (nSPS) is 10.9. The molecule has 22 heavy (non-hydrogen) atoms. The van der Waals surface area contributed by atoms with Gasteiger partial charge in [0.2, 0.25) is 0 Å². The Hall–Kier alpha value is -1.71. The molecule has 0 aliphatic heterocycles. The topological polar surface area (TPSA) is 120 Å². The van der Waals surface area contributed by atoms with E-state index in [-0.39, 0.29) is 55.1 Å². The zero-order valence-corrected chi connectivity index (χ0v) is 16.3. The molecule has 0 bridgehead atoms. The van der Waals surface area contributed by atoms with Crippen LogP contribution in [-0.4, -0.2) is 17.3 Å². The second kappa shape index (κ2) is 17.3. The fourth-order valence-corrected chi connectivity index (χ4v) is 0.859. The van der Waals surface area contributed by atoms with Crippen LogP contribution in [0.5, 0.6) is 0 Å². The number of hydrogen-bond donors (Lipinski definition) is 0. The average molecular weight is 484 g/mol. The SMILES string of the molecule is CC(=O)/C=C(\C)[O-].CC(=O)/C=C(\C)[O-].CC(=O)/C=C(\C)[O-].[Re]. The minimum atomic E-state index is -0.187. The molecule has 1 radical (unpaired) electrons. The molecule has 0 aromatic rings. The molecule has 0 rings (SSSR count). The quantitative estimate of drug-likeness (QED) is 0.395. The first-order chi connectivity index (χ1) is 9.38. The molecule has 0 amide bonds. The summed E-state index contributed by atoms with van der Waals surface area (Å²) in [5.41, 5.74) is 0. The number of carbonyl (C=O) groups excluding carboxylic acids is 3. The molecular weight excluding hydrogens is 462 g/mol.